The van der Waals surface area contributed by atoms with Crippen molar-refractivity contribution in [3.05, 3.63) is 65.6 Å². The third-order valence-electron chi connectivity index (χ3n) is 5.05. The van der Waals surface area contributed by atoms with Crippen molar-refractivity contribution in [1.82, 2.24) is 19.9 Å². The van der Waals surface area contributed by atoms with E-state index in [1.807, 2.05) is 25.1 Å². The zero-order chi connectivity index (χ0) is 22.2. The van der Waals surface area contributed by atoms with Gasteiger partial charge < -0.3 is 15.3 Å². The minimum atomic E-state index is -0.107. The summed E-state index contributed by atoms with van der Waals surface area (Å²) < 4.78 is 0. The normalized spacial score (nSPS) is 11.0. The minimum absolute atomic E-state index is 0.0841. The lowest BCUT2D eigenvalue weighted by Crippen LogP contribution is -2.28. The lowest BCUT2D eigenvalue weighted by atomic mass is 10.0. The second-order valence-corrected chi connectivity index (χ2v) is 7.42. The number of rotatable bonds is 10. The van der Waals surface area contributed by atoms with Gasteiger partial charge in [-0.2, -0.15) is 0 Å². The van der Waals surface area contributed by atoms with E-state index in [-0.39, 0.29) is 18.0 Å². The van der Waals surface area contributed by atoms with Crippen LogP contribution in [0.4, 0.5) is 5.82 Å². The summed E-state index contributed by atoms with van der Waals surface area (Å²) in [5.41, 5.74) is 2.71. The number of ketones is 1. The Balaban J connectivity index is 1.85. The highest BCUT2D eigenvalue weighted by molar-refractivity contribution is 5.98. The molecule has 1 aromatic carbocycles. The van der Waals surface area contributed by atoms with Crippen LogP contribution >= 0.6 is 0 Å². The predicted octanol–water partition coefficient (Wildman–Crippen LogP) is 3.73. The van der Waals surface area contributed by atoms with Gasteiger partial charge in [0.1, 0.15) is 11.6 Å². The van der Waals surface area contributed by atoms with Gasteiger partial charge in [0.25, 0.3) is 0 Å². The Bertz CT molecular complexity index is 999. The largest absolute Gasteiger partial charge is 0.508 e. The summed E-state index contributed by atoms with van der Waals surface area (Å²) in [7, 11) is 0. The van der Waals surface area contributed by atoms with Crippen LogP contribution in [0.5, 0.6) is 5.75 Å². The van der Waals surface area contributed by atoms with Gasteiger partial charge in [-0.25, -0.2) is 9.97 Å². The molecule has 0 aliphatic carbocycles. The maximum atomic E-state index is 12.8. The third kappa shape index (κ3) is 6.33. The maximum Gasteiger partial charge on any atom is 0.168 e. The number of hydrogen-bond acceptors (Lipinski definition) is 7. The first-order chi connectivity index (χ1) is 15.0. The molecule has 0 bridgehead atoms. The number of pyridine rings is 1. The molecule has 3 rings (SSSR count). The van der Waals surface area contributed by atoms with Crippen molar-refractivity contribution in [2.45, 2.75) is 27.2 Å². The summed E-state index contributed by atoms with van der Waals surface area (Å²) in [5.74, 6) is 1.18. The van der Waals surface area contributed by atoms with Gasteiger partial charge in [0.05, 0.1) is 12.1 Å². The molecule has 7 heteroatoms. The molecule has 2 aromatic heterocycles. The minimum Gasteiger partial charge on any atom is -0.508 e. The van der Waals surface area contributed by atoms with Crippen molar-refractivity contribution in [3.63, 3.8) is 0 Å². The number of nitrogens with one attached hydrogen (secondary N) is 1. The quantitative estimate of drug-likeness (QED) is 0.484. The van der Waals surface area contributed by atoms with Crippen LogP contribution in [0.3, 0.4) is 0 Å². The lowest BCUT2D eigenvalue weighted by Gasteiger charge is -2.18. The number of phenolic OH excluding ortho intramolecular Hbond substituents is 1. The fourth-order valence-electron chi connectivity index (χ4n) is 3.38. The van der Waals surface area contributed by atoms with Crippen LogP contribution < -0.4 is 5.32 Å². The van der Waals surface area contributed by atoms with E-state index in [1.165, 1.54) is 6.07 Å². The van der Waals surface area contributed by atoms with Gasteiger partial charge in [-0.1, -0.05) is 13.8 Å². The summed E-state index contributed by atoms with van der Waals surface area (Å²) in [6.45, 7) is 9.75. The van der Waals surface area contributed by atoms with Crippen LogP contribution in [0.15, 0.2) is 48.8 Å². The van der Waals surface area contributed by atoms with E-state index in [2.05, 4.69) is 39.0 Å². The van der Waals surface area contributed by atoms with E-state index in [0.717, 1.165) is 37.3 Å². The topological polar surface area (TPSA) is 91.2 Å². The number of carbonyl (C=O) groups is 1. The van der Waals surface area contributed by atoms with Crippen molar-refractivity contribution in [1.29, 1.82) is 0 Å². The fourth-order valence-corrected chi connectivity index (χ4v) is 3.38. The maximum absolute atomic E-state index is 12.8. The lowest BCUT2D eigenvalue weighted by molar-refractivity contribution is 0.0991. The smallest absolute Gasteiger partial charge is 0.168 e. The molecule has 0 saturated carbocycles. The van der Waals surface area contributed by atoms with Crippen molar-refractivity contribution in [2.75, 3.05) is 31.5 Å². The Kier molecular flexibility index (Phi) is 7.67. The Labute approximate surface area is 183 Å². The van der Waals surface area contributed by atoms with Crippen LogP contribution in [0.1, 0.15) is 35.5 Å². The molecule has 0 saturated heterocycles. The van der Waals surface area contributed by atoms with E-state index in [0.29, 0.717) is 22.9 Å². The van der Waals surface area contributed by atoms with Gasteiger partial charge in [0.2, 0.25) is 0 Å². The Hall–Kier alpha value is -3.32. The van der Waals surface area contributed by atoms with Gasteiger partial charge in [-0.15, -0.1) is 0 Å². The molecular formula is C24H29N5O2. The summed E-state index contributed by atoms with van der Waals surface area (Å²) in [4.78, 5) is 28.6. The van der Waals surface area contributed by atoms with Gasteiger partial charge in [0, 0.05) is 42.7 Å². The van der Waals surface area contributed by atoms with Crippen molar-refractivity contribution in [2.24, 2.45) is 0 Å². The Morgan fingerprint density at radius 2 is 1.94 bits per heavy atom. The molecule has 0 unspecified atom stereocenters. The molecule has 0 radical (unpaired) electrons. The number of nitrogens with zero attached hydrogens (tertiary/aromatic N) is 4. The number of phenols is 1. The van der Waals surface area contributed by atoms with Crippen molar-refractivity contribution >= 4 is 11.6 Å². The molecular weight excluding hydrogens is 390 g/mol. The average molecular weight is 420 g/mol. The number of likely N-dealkylation sites (N-methyl/N-ethyl adjacent to an activating group) is 1. The van der Waals surface area contributed by atoms with E-state index in [9.17, 15) is 9.90 Å². The molecule has 7 nitrogen and oxygen atoms in total. The third-order valence-corrected chi connectivity index (χ3v) is 5.05. The molecule has 0 amide bonds. The molecule has 162 valence electrons. The molecule has 0 spiro atoms. The van der Waals surface area contributed by atoms with Gasteiger partial charge in [-0.3, -0.25) is 9.78 Å². The number of Topliss-reactive ketones (excluding diaryl/α,β-unsaturated/α-hetero) is 1. The number of aromatic nitrogens is 3. The van der Waals surface area contributed by atoms with E-state index >= 15 is 0 Å². The molecule has 2 heterocycles. The zero-order valence-corrected chi connectivity index (χ0v) is 18.3. The first-order valence-corrected chi connectivity index (χ1v) is 10.6. The summed E-state index contributed by atoms with van der Waals surface area (Å²) >= 11 is 0. The highest BCUT2D eigenvalue weighted by Crippen LogP contribution is 2.20. The standard InChI is InChI=1S/C24H29N5O2/c1-4-29(5-2)10-9-26-23-15-20(27-24(28-23)18-7-6-8-25-16-18)14-22(31)19-11-17(3)12-21(30)13-19/h6-8,11-13,15-16,30H,4-5,9-10,14H2,1-3H3,(H,26,27,28). The number of aromatic hydroxyl groups is 1. The van der Waals surface area contributed by atoms with Gasteiger partial charge >= 0.3 is 0 Å². The highest BCUT2D eigenvalue weighted by Gasteiger charge is 2.13. The Morgan fingerprint density at radius 1 is 1.13 bits per heavy atom. The molecule has 0 atom stereocenters. The van der Waals surface area contributed by atoms with Crippen LogP contribution in [-0.4, -0.2) is 56.9 Å². The molecule has 0 fully saturated rings. The number of aryl methyl sites for hydroxylation is 1. The molecule has 0 aliphatic heterocycles. The SMILES string of the molecule is CCN(CC)CCNc1cc(CC(=O)c2cc(C)cc(O)c2)nc(-c2cccnc2)n1. The average Bonchev–Trinajstić information content (AvgIpc) is 2.76. The number of anilines is 1. The highest BCUT2D eigenvalue weighted by atomic mass is 16.3. The summed E-state index contributed by atoms with van der Waals surface area (Å²) in [6, 6.07) is 10.4. The second-order valence-electron chi connectivity index (χ2n) is 7.42. The fraction of sp³-hybridized carbons (Fsp3) is 0.333. The van der Waals surface area contributed by atoms with Crippen LogP contribution in [0.2, 0.25) is 0 Å². The number of benzene rings is 1. The zero-order valence-electron chi connectivity index (χ0n) is 18.3. The van der Waals surface area contributed by atoms with Gasteiger partial charge in [0.15, 0.2) is 11.6 Å². The van der Waals surface area contributed by atoms with Crippen LogP contribution in [-0.2, 0) is 6.42 Å². The molecule has 0 aliphatic rings. The molecule has 3 aromatic rings. The predicted molar refractivity (Wildman–Crippen MR) is 122 cm³/mol. The number of carbonyl (C=O) groups excluding carboxylic acids is 1. The number of hydrogen-bond donors (Lipinski definition) is 2. The van der Waals surface area contributed by atoms with Gasteiger partial charge in [-0.05, 0) is 55.9 Å². The first-order valence-electron chi connectivity index (χ1n) is 10.6. The van der Waals surface area contributed by atoms with E-state index < -0.39 is 0 Å². The van der Waals surface area contributed by atoms with Crippen LogP contribution in [0.25, 0.3) is 11.4 Å². The van der Waals surface area contributed by atoms with E-state index in [4.69, 9.17) is 0 Å². The monoisotopic (exact) mass is 419 g/mol. The summed E-state index contributed by atoms with van der Waals surface area (Å²) in [6.07, 6.45) is 3.52. The Morgan fingerprint density at radius 3 is 2.61 bits per heavy atom. The van der Waals surface area contributed by atoms with E-state index in [1.54, 1.807) is 24.5 Å². The molecule has 31 heavy (non-hydrogen) atoms. The second kappa shape index (κ2) is 10.6. The molecule has 2 N–H and O–H groups in total. The summed E-state index contributed by atoms with van der Waals surface area (Å²) in [5, 5.41) is 13.2. The van der Waals surface area contributed by atoms with Crippen LogP contribution in [0, 0.1) is 6.92 Å². The van der Waals surface area contributed by atoms with Crippen molar-refractivity contribution < 1.29 is 9.90 Å². The van der Waals surface area contributed by atoms with Crippen molar-refractivity contribution in [3.8, 4) is 17.1 Å². The first kappa shape index (κ1) is 22.4.